The zero-order chi connectivity index (χ0) is 13.4. The Morgan fingerprint density at radius 2 is 1.50 bits per heavy atom. The van der Waals surface area contributed by atoms with Crippen LogP contribution < -0.4 is 0 Å². The molecule has 0 aromatic rings. The van der Waals surface area contributed by atoms with Crippen molar-refractivity contribution in [2.24, 2.45) is 11.8 Å². The van der Waals surface area contributed by atoms with Gasteiger partial charge in [0.2, 0.25) is 0 Å². The zero-order valence-electron chi connectivity index (χ0n) is 13.2. The highest BCUT2D eigenvalue weighted by Crippen LogP contribution is 2.40. The first-order chi connectivity index (χ1) is 8.61. The molecule has 0 N–H and O–H groups in total. The average molecular weight is 250 g/mol. The maximum atomic E-state index is 2.36. The highest BCUT2D eigenvalue weighted by molar-refractivity contribution is 5.27. The molecule has 0 nitrogen and oxygen atoms in total. The summed E-state index contributed by atoms with van der Waals surface area (Å²) in [7, 11) is 0. The van der Waals surface area contributed by atoms with Crippen LogP contribution in [0.25, 0.3) is 0 Å². The number of allylic oxidation sites excluding steroid dienone is 2. The molecule has 1 rings (SSSR count). The Morgan fingerprint density at radius 3 is 2.00 bits per heavy atom. The van der Waals surface area contributed by atoms with Crippen LogP contribution in [0.5, 0.6) is 0 Å². The van der Waals surface area contributed by atoms with Gasteiger partial charge in [0, 0.05) is 0 Å². The summed E-state index contributed by atoms with van der Waals surface area (Å²) in [4.78, 5) is 0. The van der Waals surface area contributed by atoms with Crippen molar-refractivity contribution in [3.05, 3.63) is 11.1 Å². The van der Waals surface area contributed by atoms with Crippen molar-refractivity contribution in [1.82, 2.24) is 0 Å². The fourth-order valence-corrected chi connectivity index (χ4v) is 2.85. The van der Waals surface area contributed by atoms with Crippen molar-refractivity contribution in [2.45, 2.75) is 91.9 Å². The molecule has 1 aliphatic rings. The molecule has 1 saturated carbocycles. The van der Waals surface area contributed by atoms with Gasteiger partial charge in [-0.3, -0.25) is 0 Å². The van der Waals surface area contributed by atoms with E-state index in [0.717, 1.165) is 11.8 Å². The Kier molecular flexibility index (Phi) is 7.70. The molecule has 18 heavy (non-hydrogen) atoms. The summed E-state index contributed by atoms with van der Waals surface area (Å²) in [5.41, 5.74) is 3.48. The van der Waals surface area contributed by atoms with Gasteiger partial charge >= 0.3 is 0 Å². The average Bonchev–Trinajstić information content (AvgIpc) is 3.03. The van der Waals surface area contributed by atoms with Crippen molar-refractivity contribution < 1.29 is 0 Å². The third-order valence-electron chi connectivity index (χ3n) is 4.34. The van der Waals surface area contributed by atoms with Gasteiger partial charge in [0.15, 0.2) is 0 Å². The van der Waals surface area contributed by atoms with Crippen molar-refractivity contribution >= 4 is 0 Å². The SMILES string of the molecule is CC(CCCCCCCCCC(C)C)=C1CC1C. The summed E-state index contributed by atoms with van der Waals surface area (Å²) in [6.07, 6.45) is 14.3. The number of unbranched alkanes of at least 4 members (excludes halogenated alkanes) is 6. The molecule has 0 aromatic carbocycles. The number of hydrogen-bond acceptors (Lipinski definition) is 0. The molecule has 0 aliphatic heterocycles. The maximum Gasteiger partial charge on any atom is -0.0191 e. The first-order valence-electron chi connectivity index (χ1n) is 8.29. The monoisotopic (exact) mass is 250 g/mol. The summed E-state index contributed by atoms with van der Waals surface area (Å²) < 4.78 is 0. The first-order valence-corrected chi connectivity index (χ1v) is 8.29. The van der Waals surface area contributed by atoms with Crippen LogP contribution in [0.15, 0.2) is 11.1 Å². The lowest BCUT2D eigenvalue weighted by atomic mass is 10.0. The Balaban J connectivity index is 1.82. The van der Waals surface area contributed by atoms with Crippen molar-refractivity contribution in [3.8, 4) is 0 Å². The fourth-order valence-electron chi connectivity index (χ4n) is 2.85. The van der Waals surface area contributed by atoms with Gasteiger partial charge in [-0.2, -0.15) is 0 Å². The summed E-state index contributed by atoms with van der Waals surface area (Å²) in [5.74, 6) is 1.82. The first kappa shape index (κ1) is 15.8. The van der Waals surface area contributed by atoms with Crippen LogP contribution in [-0.4, -0.2) is 0 Å². The van der Waals surface area contributed by atoms with Gasteiger partial charge < -0.3 is 0 Å². The van der Waals surface area contributed by atoms with E-state index in [1.807, 2.05) is 0 Å². The topological polar surface area (TPSA) is 0 Å². The van der Waals surface area contributed by atoms with E-state index in [2.05, 4.69) is 27.7 Å². The number of rotatable bonds is 10. The molecule has 1 aliphatic carbocycles. The molecule has 0 heterocycles. The summed E-state index contributed by atoms with van der Waals surface area (Å²) in [6.45, 7) is 9.37. The molecule has 0 amide bonds. The second-order valence-electron chi connectivity index (χ2n) is 6.82. The zero-order valence-corrected chi connectivity index (χ0v) is 13.2. The minimum atomic E-state index is 0.894. The lowest BCUT2D eigenvalue weighted by molar-refractivity contribution is 0.509. The van der Waals surface area contributed by atoms with E-state index >= 15 is 0 Å². The van der Waals surface area contributed by atoms with E-state index in [9.17, 15) is 0 Å². The molecule has 0 radical (unpaired) electrons. The molecular formula is C18H34. The minimum Gasteiger partial charge on any atom is -0.0738 e. The predicted molar refractivity (Wildman–Crippen MR) is 82.9 cm³/mol. The second-order valence-corrected chi connectivity index (χ2v) is 6.82. The normalized spacial score (nSPS) is 21.5. The van der Waals surface area contributed by atoms with Gasteiger partial charge in [-0.05, 0) is 38.0 Å². The van der Waals surface area contributed by atoms with E-state index in [0.29, 0.717) is 0 Å². The Bertz CT molecular complexity index is 247. The van der Waals surface area contributed by atoms with Gasteiger partial charge in [-0.15, -0.1) is 0 Å². The summed E-state index contributed by atoms with van der Waals surface area (Å²) in [5, 5.41) is 0. The Labute approximate surface area is 115 Å². The van der Waals surface area contributed by atoms with Gasteiger partial charge in [0.25, 0.3) is 0 Å². The van der Waals surface area contributed by atoms with Gasteiger partial charge in [-0.1, -0.05) is 76.9 Å². The lowest BCUT2D eigenvalue weighted by Crippen LogP contribution is -1.87. The number of hydrogen-bond donors (Lipinski definition) is 0. The standard InChI is InChI=1S/C18H34/c1-15(2)12-10-8-6-5-7-9-11-13-16(3)18-14-17(18)4/h15,17H,5-14H2,1-4H3. The van der Waals surface area contributed by atoms with Crippen LogP contribution in [0.1, 0.15) is 91.9 Å². The second kappa shape index (κ2) is 8.77. The van der Waals surface area contributed by atoms with Crippen molar-refractivity contribution in [3.63, 3.8) is 0 Å². The van der Waals surface area contributed by atoms with Crippen LogP contribution in [0.3, 0.4) is 0 Å². The molecule has 0 spiro atoms. The third-order valence-corrected chi connectivity index (χ3v) is 4.34. The van der Waals surface area contributed by atoms with Crippen molar-refractivity contribution in [2.75, 3.05) is 0 Å². The Hall–Kier alpha value is -0.260. The van der Waals surface area contributed by atoms with E-state index in [1.165, 1.54) is 64.2 Å². The van der Waals surface area contributed by atoms with E-state index in [-0.39, 0.29) is 0 Å². The van der Waals surface area contributed by atoms with Crippen molar-refractivity contribution in [1.29, 1.82) is 0 Å². The van der Waals surface area contributed by atoms with Crippen LogP contribution in [-0.2, 0) is 0 Å². The summed E-state index contributed by atoms with van der Waals surface area (Å²) in [6, 6.07) is 0. The summed E-state index contributed by atoms with van der Waals surface area (Å²) >= 11 is 0. The fraction of sp³-hybridized carbons (Fsp3) is 0.889. The highest BCUT2D eigenvalue weighted by Gasteiger charge is 2.25. The molecule has 0 aromatic heterocycles. The van der Waals surface area contributed by atoms with Crippen LogP contribution in [0.4, 0.5) is 0 Å². The maximum absolute atomic E-state index is 2.36. The molecule has 0 heteroatoms. The largest absolute Gasteiger partial charge is 0.0738 e. The van der Waals surface area contributed by atoms with Crippen LogP contribution >= 0.6 is 0 Å². The molecule has 106 valence electrons. The molecule has 1 unspecified atom stereocenters. The molecule has 0 saturated heterocycles. The van der Waals surface area contributed by atoms with Gasteiger partial charge in [0.05, 0.1) is 0 Å². The van der Waals surface area contributed by atoms with Gasteiger partial charge in [-0.25, -0.2) is 0 Å². The minimum absolute atomic E-state index is 0.894. The highest BCUT2D eigenvalue weighted by atomic mass is 14.3. The van der Waals surface area contributed by atoms with E-state index < -0.39 is 0 Å². The van der Waals surface area contributed by atoms with E-state index in [4.69, 9.17) is 0 Å². The predicted octanol–water partition coefficient (Wildman–Crippen LogP) is 6.51. The quantitative estimate of drug-likeness (QED) is 0.306. The smallest absolute Gasteiger partial charge is 0.0191 e. The van der Waals surface area contributed by atoms with E-state index in [1.54, 1.807) is 11.1 Å². The lowest BCUT2D eigenvalue weighted by Gasteiger charge is -2.05. The third kappa shape index (κ3) is 7.24. The van der Waals surface area contributed by atoms with Crippen LogP contribution in [0, 0.1) is 11.8 Å². The Morgan fingerprint density at radius 1 is 1.00 bits per heavy atom. The molecular weight excluding hydrogens is 216 g/mol. The molecule has 0 bridgehead atoms. The van der Waals surface area contributed by atoms with Gasteiger partial charge in [0.1, 0.15) is 0 Å². The molecule has 1 atom stereocenters. The molecule has 1 fully saturated rings. The van der Waals surface area contributed by atoms with Crippen LogP contribution in [0.2, 0.25) is 0 Å².